The molecule has 1 atom stereocenters. The molecule has 2 aromatic rings. The molecular formula is C19H18N2O4. The third-order valence-electron chi connectivity index (χ3n) is 4.20. The van der Waals surface area contributed by atoms with Crippen molar-refractivity contribution in [3.05, 3.63) is 59.7 Å². The molecule has 1 N–H and O–H groups in total. The van der Waals surface area contributed by atoms with Crippen LogP contribution in [0.15, 0.2) is 48.5 Å². The van der Waals surface area contributed by atoms with Crippen molar-refractivity contribution in [2.45, 2.75) is 19.4 Å². The molecule has 0 aromatic heterocycles. The number of amides is 2. The minimum atomic E-state index is -0.792. The van der Waals surface area contributed by atoms with E-state index in [4.69, 9.17) is 4.74 Å². The van der Waals surface area contributed by atoms with Crippen LogP contribution in [0.5, 0.6) is 0 Å². The number of rotatable bonds is 2. The molecule has 2 aromatic carbocycles. The summed E-state index contributed by atoms with van der Waals surface area (Å²) in [4.78, 5) is 38.4. The molecule has 2 amide bonds. The van der Waals surface area contributed by atoms with E-state index in [1.807, 2.05) is 31.2 Å². The van der Waals surface area contributed by atoms with Gasteiger partial charge in [0, 0.05) is 11.7 Å². The third kappa shape index (κ3) is 3.10. The van der Waals surface area contributed by atoms with Gasteiger partial charge in [-0.3, -0.25) is 9.59 Å². The first-order valence-electron chi connectivity index (χ1n) is 7.92. The van der Waals surface area contributed by atoms with Gasteiger partial charge in [0.05, 0.1) is 18.4 Å². The van der Waals surface area contributed by atoms with Gasteiger partial charge in [0.15, 0.2) is 0 Å². The fourth-order valence-electron chi connectivity index (χ4n) is 3.04. The van der Waals surface area contributed by atoms with Crippen molar-refractivity contribution in [1.82, 2.24) is 0 Å². The molecule has 0 saturated carbocycles. The maximum atomic E-state index is 12.7. The molecule has 0 fully saturated rings. The number of anilines is 2. The van der Waals surface area contributed by atoms with E-state index in [9.17, 15) is 14.4 Å². The predicted molar refractivity (Wildman–Crippen MR) is 93.5 cm³/mol. The lowest BCUT2D eigenvalue weighted by Gasteiger charge is -2.22. The van der Waals surface area contributed by atoms with Crippen LogP contribution < -0.4 is 10.2 Å². The second-order valence-electron chi connectivity index (χ2n) is 5.85. The zero-order valence-corrected chi connectivity index (χ0v) is 14.0. The van der Waals surface area contributed by atoms with Crippen LogP contribution in [0.25, 0.3) is 0 Å². The van der Waals surface area contributed by atoms with E-state index in [2.05, 4.69) is 5.32 Å². The summed E-state index contributed by atoms with van der Waals surface area (Å²) in [5.74, 6) is -2.03. The molecule has 1 heterocycles. The summed E-state index contributed by atoms with van der Waals surface area (Å²) in [6.07, 6.45) is 0.702. The van der Waals surface area contributed by atoms with Gasteiger partial charge in [-0.2, -0.15) is 0 Å². The van der Waals surface area contributed by atoms with Gasteiger partial charge in [-0.05, 0) is 37.1 Å². The van der Waals surface area contributed by atoms with Crippen molar-refractivity contribution in [3.63, 3.8) is 0 Å². The van der Waals surface area contributed by atoms with E-state index in [0.29, 0.717) is 6.42 Å². The lowest BCUT2D eigenvalue weighted by Crippen LogP contribution is -2.43. The molecule has 0 saturated heterocycles. The van der Waals surface area contributed by atoms with E-state index < -0.39 is 17.8 Å². The molecule has 1 unspecified atom stereocenters. The van der Waals surface area contributed by atoms with Crippen molar-refractivity contribution in [3.8, 4) is 0 Å². The van der Waals surface area contributed by atoms with Gasteiger partial charge in [-0.1, -0.05) is 30.3 Å². The van der Waals surface area contributed by atoms with Crippen molar-refractivity contribution in [2.24, 2.45) is 0 Å². The highest BCUT2D eigenvalue weighted by Gasteiger charge is 2.34. The first kappa shape index (κ1) is 16.7. The summed E-state index contributed by atoms with van der Waals surface area (Å²) >= 11 is 0. The first-order chi connectivity index (χ1) is 12.0. The van der Waals surface area contributed by atoms with Crippen molar-refractivity contribution >= 4 is 29.2 Å². The summed E-state index contributed by atoms with van der Waals surface area (Å²) in [7, 11) is 1.26. The molecule has 6 nitrogen and oxygen atoms in total. The SMILES string of the molecule is COC(=O)c1ccccc1NC(=O)C(=O)N1c2ccccc2CC1C. The van der Waals surface area contributed by atoms with Gasteiger partial charge in [-0.25, -0.2) is 4.79 Å². The number of nitrogens with one attached hydrogen (secondary N) is 1. The lowest BCUT2D eigenvalue weighted by atomic mass is 10.1. The molecule has 0 bridgehead atoms. The van der Waals surface area contributed by atoms with Crippen LogP contribution in [0.4, 0.5) is 11.4 Å². The Hall–Kier alpha value is -3.15. The van der Waals surface area contributed by atoms with Crippen LogP contribution in [-0.4, -0.2) is 30.9 Å². The standard InChI is InChI=1S/C19H18N2O4/c1-12-11-13-7-3-6-10-16(13)21(12)18(23)17(22)20-15-9-5-4-8-14(15)19(24)25-2/h3-10,12H,11H2,1-2H3,(H,20,22). The number of hydrogen-bond acceptors (Lipinski definition) is 4. The van der Waals surface area contributed by atoms with Crippen LogP contribution in [0.3, 0.4) is 0 Å². The first-order valence-corrected chi connectivity index (χ1v) is 7.92. The second-order valence-corrected chi connectivity index (χ2v) is 5.85. The van der Waals surface area contributed by atoms with Crippen LogP contribution in [0.1, 0.15) is 22.8 Å². The minimum absolute atomic E-state index is 0.105. The van der Waals surface area contributed by atoms with Gasteiger partial charge in [0.25, 0.3) is 0 Å². The van der Waals surface area contributed by atoms with Crippen LogP contribution in [0, 0.1) is 0 Å². The van der Waals surface area contributed by atoms with Crippen LogP contribution in [0.2, 0.25) is 0 Å². The highest BCUT2D eigenvalue weighted by atomic mass is 16.5. The Labute approximate surface area is 145 Å². The number of fused-ring (bicyclic) bond motifs is 1. The van der Waals surface area contributed by atoms with E-state index in [1.54, 1.807) is 18.2 Å². The summed E-state index contributed by atoms with van der Waals surface area (Å²) < 4.78 is 4.70. The normalized spacial score (nSPS) is 15.4. The molecular weight excluding hydrogens is 320 g/mol. The summed E-state index contributed by atoms with van der Waals surface area (Å²) in [5.41, 5.74) is 2.22. The lowest BCUT2D eigenvalue weighted by molar-refractivity contribution is -0.134. The average Bonchev–Trinajstić information content (AvgIpc) is 2.96. The monoisotopic (exact) mass is 338 g/mol. The zero-order valence-electron chi connectivity index (χ0n) is 14.0. The quantitative estimate of drug-likeness (QED) is 0.674. The van der Waals surface area contributed by atoms with Gasteiger partial charge < -0.3 is 15.0 Å². The summed E-state index contributed by atoms with van der Waals surface area (Å²) in [5, 5.41) is 2.52. The molecule has 1 aliphatic rings. The predicted octanol–water partition coefficient (Wildman–Crippen LogP) is 2.39. The number of nitrogens with zero attached hydrogens (tertiary/aromatic N) is 1. The topological polar surface area (TPSA) is 75.7 Å². The summed E-state index contributed by atoms with van der Waals surface area (Å²) in [6, 6.07) is 13.8. The van der Waals surface area contributed by atoms with Gasteiger partial charge in [0.1, 0.15) is 0 Å². The second kappa shape index (κ2) is 6.76. The largest absolute Gasteiger partial charge is 0.465 e. The van der Waals surface area contributed by atoms with Crippen molar-refractivity contribution < 1.29 is 19.1 Å². The number of ether oxygens (including phenoxy) is 1. The molecule has 0 radical (unpaired) electrons. The number of carbonyl (C=O) groups excluding carboxylic acids is 3. The zero-order chi connectivity index (χ0) is 18.0. The van der Waals surface area contributed by atoms with Gasteiger partial charge >= 0.3 is 17.8 Å². The number of benzene rings is 2. The number of hydrogen-bond donors (Lipinski definition) is 1. The highest BCUT2D eigenvalue weighted by molar-refractivity contribution is 6.44. The summed E-state index contributed by atoms with van der Waals surface area (Å²) in [6.45, 7) is 1.90. The maximum absolute atomic E-state index is 12.7. The Balaban J connectivity index is 1.83. The molecule has 0 spiro atoms. The Morgan fingerprint density at radius 3 is 2.52 bits per heavy atom. The van der Waals surface area contributed by atoms with E-state index >= 15 is 0 Å². The molecule has 25 heavy (non-hydrogen) atoms. The van der Waals surface area contributed by atoms with Gasteiger partial charge in [-0.15, -0.1) is 0 Å². The molecule has 3 rings (SSSR count). The Bertz CT molecular complexity index is 847. The number of methoxy groups -OCH3 is 1. The van der Waals surface area contributed by atoms with Crippen LogP contribution >= 0.6 is 0 Å². The smallest absolute Gasteiger partial charge is 0.339 e. The Kier molecular flexibility index (Phi) is 4.52. The van der Waals surface area contributed by atoms with E-state index in [1.165, 1.54) is 18.1 Å². The fourth-order valence-corrected chi connectivity index (χ4v) is 3.04. The molecule has 0 aliphatic carbocycles. The number of esters is 1. The van der Waals surface area contributed by atoms with Crippen LogP contribution in [-0.2, 0) is 20.7 Å². The van der Waals surface area contributed by atoms with E-state index in [0.717, 1.165) is 11.3 Å². The molecule has 6 heteroatoms. The minimum Gasteiger partial charge on any atom is -0.465 e. The molecule has 128 valence electrons. The maximum Gasteiger partial charge on any atom is 0.339 e. The Morgan fingerprint density at radius 1 is 1.08 bits per heavy atom. The fraction of sp³-hybridized carbons (Fsp3) is 0.211. The average molecular weight is 338 g/mol. The van der Waals surface area contributed by atoms with Crippen molar-refractivity contribution in [2.75, 3.05) is 17.3 Å². The van der Waals surface area contributed by atoms with Crippen molar-refractivity contribution in [1.29, 1.82) is 0 Å². The van der Waals surface area contributed by atoms with Gasteiger partial charge in [0.2, 0.25) is 0 Å². The Morgan fingerprint density at radius 2 is 1.76 bits per heavy atom. The third-order valence-corrected chi connectivity index (χ3v) is 4.20. The molecule has 1 aliphatic heterocycles. The van der Waals surface area contributed by atoms with E-state index in [-0.39, 0.29) is 17.3 Å². The highest BCUT2D eigenvalue weighted by Crippen LogP contribution is 2.32. The number of para-hydroxylation sites is 2. The number of carbonyl (C=O) groups is 3.